The van der Waals surface area contributed by atoms with Gasteiger partial charge in [-0.15, -0.1) is 0 Å². The van der Waals surface area contributed by atoms with Crippen LogP contribution in [0.5, 0.6) is 5.75 Å². The maximum absolute atomic E-state index is 13.0. The van der Waals surface area contributed by atoms with Crippen LogP contribution < -0.4 is 9.04 Å². The number of hydrogen-bond acceptors (Lipinski definition) is 5. The molecule has 3 aromatic rings. The van der Waals surface area contributed by atoms with Gasteiger partial charge in [-0.2, -0.15) is 0 Å². The first kappa shape index (κ1) is 15.7. The molecule has 4 rings (SSSR count). The Kier molecular flexibility index (Phi) is 3.54. The highest BCUT2D eigenvalue weighted by Gasteiger charge is 2.27. The van der Waals surface area contributed by atoms with Gasteiger partial charge in [-0.25, -0.2) is 8.42 Å². The zero-order valence-electron chi connectivity index (χ0n) is 13.8. The van der Waals surface area contributed by atoms with Crippen LogP contribution in [0.4, 0.5) is 5.69 Å². The summed E-state index contributed by atoms with van der Waals surface area (Å²) in [6, 6.07) is 12.1. The molecule has 0 radical (unpaired) electrons. The summed E-state index contributed by atoms with van der Waals surface area (Å²) in [7, 11) is -2.17. The van der Waals surface area contributed by atoms with Gasteiger partial charge in [0.05, 0.1) is 27.9 Å². The molecule has 0 aliphatic carbocycles. The largest absolute Gasteiger partial charge is 0.488 e. The highest BCUT2D eigenvalue weighted by atomic mass is 32.2. The monoisotopic (exact) mass is 356 g/mol. The molecule has 0 unspecified atom stereocenters. The van der Waals surface area contributed by atoms with E-state index in [4.69, 9.17) is 9.26 Å². The number of benzene rings is 2. The Balaban J connectivity index is 1.77. The molecule has 7 heteroatoms. The van der Waals surface area contributed by atoms with Crippen LogP contribution in [-0.2, 0) is 16.6 Å². The first-order chi connectivity index (χ1) is 12.0. The lowest BCUT2D eigenvalue weighted by Crippen LogP contribution is -2.26. The highest BCUT2D eigenvalue weighted by Crippen LogP contribution is 2.39. The van der Waals surface area contributed by atoms with E-state index in [0.29, 0.717) is 29.4 Å². The third kappa shape index (κ3) is 2.56. The van der Waals surface area contributed by atoms with Gasteiger partial charge < -0.3 is 9.26 Å². The summed E-state index contributed by atoms with van der Waals surface area (Å²) < 4.78 is 38.1. The van der Waals surface area contributed by atoms with Crippen LogP contribution in [0.25, 0.3) is 11.3 Å². The van der Waals surface area contributed by atoms with Gasteiger partial charge in [0.2, 0.25) is 0 Å². The first-order valence-corrected chi connectivity index (χ1v) is 9.17. The van der Waals surface area contributed by atoms with Crippen LogP contribution in [0.1, 0.15) is 11.1 Å². The molecule has 0 bridgehead atoms. The van der Waals surface area contributed by atoms with Crippen molar-refractivity contribution in [1.82, 2.24) is 5.16 Å². The molecule has 6 nitrogen and oxygen atoms in total. The minimum absolute atomic E-state index is 0.169. The van der Waals surface area contributed by atoms with Crippen molar-refractivity contribution >= 4 is 15.7 Å². The lowest BCUT2D eigenvalue weighted by Gasteiger charge is -2.21. The molecule has 2 aromatic carbocycles. The topological polar surface area (TPSA) is 72.6 Å². The van der Waals surface area contributed by atoms with Gasteiger partial charge in [-0.3, -0.25) is 4.31 Å². The van der Waals surface area contributed by atoms with E-state index in [1.54, 1.807) is 36.5 Å². The minimum atomic E-state index is -3.71. The number of aromatic nitrogens is 1. The van der Waals surface area contributed by atoms with Crippen LogP contribution >= 0.6 is 0 Å². The van der Waals surface area contributed by atoms with Gasteiger partial charge in [0, 0.05) is 7.05 Å². The van der Waals surface area contributed by atoms with Crippen molar-refractivity contribution < 1.29 is 17.7 Å². The molecule has 128 valence electrons. The maximum atomic E-state index is 13.0. The number of aryl methyl sites for hydroxylation is 1. The predicted octanol–water partition coefficient (Wildman–Crippen LogP) is 3.37. The second kappa shape index (κ2) is 5.63. The number of fused-ring (bicyclic) bond motifs is 3. The number of anilines is 1. The average molecular weight is 356 g/mol. The van der Waals surface area contributed by atoms with Crippen molar-refractivity contribution in [2.24, 2.45) is 0 Å². The van der Waals surface area contributed by atoms with Gasteiger partial charge in [-0.05, 0) is 37.3 Å². The molecule has 1 aromatic heterocycles. The smallest absolute Gasteiger partial charge is 0.264 e. The molecule has 0 N–H and O–H groups in total. The molecular formula is C18H16N2O4S. The standard InChI is InChI=1S/C18H16N2O4S/c1-12-3-5-14(6-4-12)20(2)25(21,22)15-7-8-17-16(9-15)18-13(11-23-17)10-19-24-18/h3-10H,11H2,1-2H3. The Labute approximate surface area is 145 Å². The van der Waals surface area contributed by atoms with E-state index in [2.05, 4.69) is 5.16 Å². The molecule has 0 atom stereocenters. The van der Waals surface area contributed by atoms with Crippen LogP contribution in [0, 0.1) is 6.92 Å². The minimum Gasteiger partial charge on any atom is -0.488 e. The Morgan fingerprint density at radius 1 is 1.12 bits per heavy atom. The van der Waals surface area contributed by atoms with Crippen molar-refractivity contribution in [3.63, 3.8) is 0 Å². The fourth-order valence-electron chi connectivity index (χ4n) is 2.76. The molecule has 1 aliphatic heterocycles. The van der Waals surface area contributed by atoms with Crippen molar-refractivity contribution in [3.05, 3.63) is 59.8 Å². The van der Waals surface area contributed by atoms with Crippen molar-refractivity contribution in [2.45, 2.75) is 18.4 Å². The van der Waals surface area contributed by atoms with E-state index >= 15 is 0 Å². The average Bonchev–Trinajstić information content (AvgIpc) is 3.10. The van der Waals surface area contributed by atoms with Crippen LogP contribution in [-0.4, -0.2) is 20.6 Å². The molecule has 0 saturated heterocycles. The van der Waals surface area contributed by atoms with Crippen molar-refractivity contribution in [3.8, 4) is 17.1 Å². The van der Waals surface area contributed by atoms with E-state index in [-0.39, 0.29) is 4.90 Å². The van der Waals surface area contributed by atoms with Crippen LogP contribution in [0.3, 0.4) is 0 Å². The summed E-state index contributed by atoms with van der Waals surface area (Å²) in [5.74, 6) is 1.14. The number of rotatable bonds is 3. The van der Waals surface area contributed by atoms with Gasteiger partial charge in [0.15, 0.2) is 5.76 Å². The van der Waals surface area contributed by atoms with E-state index in [1.165, 1.54) is 11.4 Å². The Morgan fingerprint density at radius 2 is 1.88 bits per heavy atom. The summed E-state index contributed by atoms with van der Waals surface area (Å²) in [4.78, 5) is 0.169. The molecule has 0 spiro atoms. The Hall–Kier alpha value is -2.80. The Bertz CT molecular complexity index is 1040. The summed E-state index contributed by atoms with van der Waals surface area (Å²) >= 11 is 0. The third-order valence-electron chi connectivity index (χ3n) is 4.28. The lowest BCUT2D eigenvalue weighted by molar-refractivity contribution is 0.297. The van der Waals surface area contributed by atoms with Gasteiger partial charge in [0.25, 0.3) is 10.0 Å². The molecule has 25 heavy (non-hydrogen) atoms. The van der Waals surface area contributed by atoms with E-state index in [9.17, 15) is 8.42 Å². The molecule has 1 aliphatic rings. The highest BCUT2D eigenvalue weighted by molar-refractivity contribution is 7.92. The molecule has 2 heterocycles. The fourth-order valence-corrected chi connectivity index (χ4v) is 3.99. The SMILES string of the molecule is Cc1ccc(N(C)S(=O)(=O)c2ccc3c(c2)-c2oncc2CO3)cc1. The predicted molar refractivity (Wildman–Crippen MR) is 93.0 cm³/mol. The Morgan fingerprint density at radius 3 is 2.64 bits per heavy atom. The fraction of sp³-hybridized carbons (Fsp3) is 0.167. The summed E-state index contributed by atoms with van der Waals surface area (Å²) in [6.45, 7) is 2.32. The lowest BCUT2D eigenvalue weighted by atomic mass is 10.1. The summed E-state index contributed by atoms with van der Waals surface area (Å²) in [6.07, 6.45) is 1.58. The zero-order chi connectivity index (χ0) is 17.6. The van der Waals surface area contributed by atoms with Crippen LogP contribution in [0.2, 0.25) is 0 Å². The second-order valence-electron chi connectivity index (χ2n) is 5.93. The number of sulfonamides is 1. The molecular weight excluding hydrogens is 340 g/mol. The van der Waals surface area contributed by atoms with E-state index in [1.807, 2.05) is 19.1 Å². The van der Waals surface area contributed by atoms with E-state index in [0.717, 1.165) is 11.1 Å². The van der Waals surface area contributed by atoms with Crippen molar-refractivity contribution in [2.75, 3.05) is 11.4 Å². The number of hydrogen-bond donors (Lipinski definition) is 0. The molecule has 0 saturated carbocycles. The number of nitrogens with zero attached hydrogens (tertiary/aromatic N) is 2. The molecule has 0 fully saturated rings. The summed E-state index contributed by atoms with van der Waals surface area (Å²) in [5, 5.41) is 3.77. The summed E-state index contributed by atoms with van der Waals surface area (Å²) in [5.41, 5.74) is 3.06. The molecule has 0 amide bonds. The quantitative estimate of drug-likeness (QED) is 0.719. The number of ether oxygens (including phenoxy) is 1. The van der Waals surface area contributed by atoms with Gasteiger partial charge in [-0.1, -0.05) is 22.9 Å². The normalized spacial score (nSPS) is 12.9. The van der Waals surface area contributed by atoms with Crippen LogP contribution in [0.15, 0.2) is 58.1 Å². The van der Waals surface area contributed by atoms with Crippen molar-refractivity contribution in [1.29, 1.82) is 0 Å². The van der Waals surface area contributed by atoms with Gasteiger partial charge >= 0.3 is 0 Å². The first-order valence-electron chi connectivity index (χ1n) is 7.73. The zero-order valence-corrected chi connectivity index (χ0v) is 14.6. The second-order valence-corrected chi connectivity index (χ2v) is 7.90. The third-order valence-corrected chi connectivity index (χ3v) is 6.06. The maximum Gasteiger partial charge on any atom is 0.264 e. The van der Waals surface area contributed by atoms with E-state index < -0.39 is 10.0 Å². The van der Waals surface area contributed by atoms with Gasteiger partial charge in [0.1, 0.15) is 12.4 Å².